The van der Waals surface area contributed by atoms with Crippen molar-refractivity contribution in [2.45, 2.75) is 20.4 Å². The molecule has 0 saturated carbocycles. The van der Waals surface area contributed by atoms with E-state index in [0.29, 0.717) is 6.54 Å². The summed E-state index contributed by atoms with van der Waals surface area (Å²) >= 11 is 0. The van der Waals surface area contributed by atoms with Crippen molar-refractivity contribution < 1.29 is 4.79 Å². The average Bonchev–Trinajstić information content (AvgIpc) is 3.07. The predicted octanol–water partition coefficient (Wildman–Crippen LogP) is 3.56. The van der Waals surface area contributed by atoms with Crippen LogP contribution in [0.4, 0.5) is 5.69 Å². The van der Waals surface area contributed by atoms with E-state index in [1.807, 2.05) is 62.4 Å². The van der Waals surface area contributed by atoms with Crippen molar-refractivity contribution in [3.63, 3.8) is 0 Å². The zero-order chi connectivity index (χ0) is 18.1. The Morgan fingerprint density at radius 2 is 2.00 bits per heavy atom. The third-order valence-electron chi connectivity index (χ3n) is 4.54. The summed E-state index contributed by atoms with van der Waals surface area (Å²) in [7, 11) is 0. The van der Waals surface area contributed by atoms with Crippen molar-refractivity contribution in [3.05, 3.63) is 60.3 Å². The van der Waals surface area contributed by atoms with Gasteiger partial charge in [-0.25, -0.2) is 4.68 Å². The molecule has 130 valence electrons. The van der Waals surface area contributed by atoms with Crippen LogP contribution in [0.2, 0.25) is 0 Å². The Morgan fingerprint density at radius 1 is 1.15 bits per heavy atom. The summed E-state index contributed by atoms with van der Waals surface area (Å²) in [5.74, 6) is -0.313. The lowest BCUT2D eigenvalue weighted by atomic mass is 10.1. The van der Waals surface area contributed by atoms with Crippen LogP contribution < -0.4 is 5.32 Å². The van der Waals surface area contributed by atoms with Crippen LogP contribution in [0.25, 0.3) is 21.9 Å². The average molecular weight is 345 g/mol. The number of hydrogen-bond acceptors (Lipinski definition) is 4. The second-order valence-electron chi connectivity index (χ2n) is 6.48. The molecule has 2 aromatic heterocycles. The van der Waals surface area contributed by atoms with E-state index < -0.39 is 0 Å². The number of carbonyl (C=O) groups excluding carboxylic acids is 1. The number of benzene rings is 2. The molecule has 1 N–H and O–H groups in total. The van der Waals surface area contributed by atoms with Gasteiger partial charge in [0.15, 0.2) is 0 Å². The molecule has 6 heteroatoms. The molecule has 0 saturated heterocycles. The number of pyridine rings is 1. The molecule has 0 fully saturated rings. The number of amides is 1. The summed E-state index contributed by atoms with van der Waals surface area (Å²) < 4.78 is 1.77. The van der Waals surface area contributed by atoms with Crippen molar-refractivity contribution in [1.82, 2.24) is 20.0 Å². The minimum atomic E-state index is -0.256. The van der Waals surface area contributed by atoms with E-state index in [1.54, 1.807) is 10.9 Å². The molecule has 0 aliphatic heterocycles. The Labute approximate surface area is 150 Å². The zero-order valence-electron chi connectivity index (χ0n) is 14.7. The number of nitrogens with zero attached hydrogens (tertiary/aromatic N) is 4. The van der Waals surface area contributed by atoms with Crippen LogP contribution in [0.3, 0.4) is 0 Å². The number of carbonyl (C=O) groups is 1. The van der Waals surface area contributed by atoms with Crippen LogP contribution in [-0.4, -0.2) is 25.9 Å². The van der Waals surface area contributed by atoms with Crippen LogP contribution in [0.1, 0.15) is 12.5 Å². The second-order valence-corrected chi connectivity index (χ2v) is 6.48. The lowest BCUT2D eigenvalue weighted by Crippen LogP contribution is -2.25. The largest absolute Gasteiger partial charge is 0.325 e. The van der Waals surface area contributed by atoms with Gasteiger partial charge in [0.05, 0.1) is 29.2 Å². The highest BCUT2D eigenvalue weighted by atomic mass is 16.1. The summed E-state index contributed by atoms with van der Waals surface area (Å²) in [5, 5.41) is 12.3. The van der Waals surface area contributed by atoms with E-state index in [4.69, 9.17) is 0 Å². The molecular weight excluding hydrogens is 326 g/mol. The first kappa shape index (κ1) is 16.2. The molecule has 6 nitrogen and oxygen atoms in total. The summed E-state index contributed by atoms with van der Waals surface area (Å²) in [4.78, 5) is 17.1. The van der Waals surface area contributed by atoms with Gasteiger partial charge in [0.1, 0.15) is 5.52 Å². The van der Waals surface area contributed by atoms with Gasteiger partial charge in [0, 0.05) is 11.6 Å². The van der Waals surface area contributed by atoms with E-state index in [9.17, 15) is 4.79 Å². The Morgan fingerprint density at radius 3 is 2.88 bits per heavy atom. The Balaban J connectivity index is 1.56. The van der Waals surface area contributed by atoms with Crippen LogP contribution in [0, 0.1) is 12.8 Å². The van der Waals surface area contributed by atoms with Crippen molar-refractivity contribution in [2.75, 3.05) is 5.32 Å². The zero-order valence-corrected chi connectivity index (χ0v) is 14.7. The topological polar surface area (TPSA) is 72.7 Å². The van der Waals surface area contributed by atoms with Gasteiger partial charge in [0.2, 0.25) is 5.91 Å². The Bertz CT molecular complexity index is 1100. The van der Waals surface area contributed by atoms with Crippen molar-refractivity contribution in [1.29, 1.82) is 0 Å². The maximum absolute atomic E-state index is 12.7. The molecule has 0 spiro atoms. The SMILES string of the molecule is Cc1ccc(NC(=O)C(C)Cn2nnc3ccccc32)c2cccnc12. The third kappa shape index (κ3) is 2.90. The number of fused-ring (bicyclic) bond motifs is 2. The summed E-state index contributed by atoms with van der Waals surface area (Å²) in [6, 6.07) is 15.5. The molecule has 0 aliphatic carbocycles. The van der Waals surface area contributed by atoms with Gasteiger partial charge in [0.25, 0.3) is 0 Å². The predicted molar refractivity (Wildman–Crippen MR) is 102 cm³/mol. The number of rotatable bonds is 4. The monoisotopic (exact) mass is 345 g/mol. The van der Waals surface area contributed by atoms with Gasteiger partial charge in [-0.15, -0.1) is 5.10 Å². The Hall–Kier alpha value is -3.28. The van der Waals surface area contributed by atoms with Gasteiger partial charge in [-0.3, -0.25) is 9.78 Å². The molecule has 1 unspecified atom stereocenters. The second kappa shape index (κ2) is 6.55. The Kier molecular flexibility index (Phi) is 4.08. The number of hydrogen-bond donors (Lipinski definition) is 1. The van der Waals surface area contributed by atoms with E-state index in [1.165, 1.54) is 0 Å². The van der Waals surface area contributed by atoms with E-state index >= 15 is 0 Å². The summed E-state index contributed by atoms with van der Waals surface area (Å²) in [6.45, 7) is 4.37. The van der Waals surface area contributed by atoms with Gasteiger partial charge in [-0.2, -0.15) is 0 Å². The number of aryl methyl sites for hydroxylation is 1. The molecule has 0 radical (unpaired) electrons. The quantitative estimate of drug-likeness (QED) is 0.614. The highest BCUT2D eigenvalue weighted by Gasteiger charge is 2.17. The minimum Gasteiger partial charge on any atom is -0.325 e. The lowest BCUT2D eigenvalue weighted by Gasteiger charge is -2.14. The normalized spacial score (nSPS) is 12.4. The first-order valence-corrected chi connectivity index (χ1v) is 8.57. The molecule has 0 aliphatic rings. The standard InChI is InChI=1S/C20H19N5O/c1-13-9-10-16(15-6-5-11-21-19(13)15)22-20(26)14(2)12-25-18-8-4-3-7-17(18)23-24-25/h3-11,14H,12H2,1-2H3,(H,22,26). The molecule has 4 aromatic rings. The first-order valence-electron chi connectivity index (χ1n) is 8.57. The van der Waals surface area contributed by atoms with Crippen LogP contribution in [-0.2, 0) is 11.3 Å². The number of nitrogens with one attached hydrogen (secondary N) is 1. The molecule has 2 aromatic carbocycles. The van der Waals surface area contributed by atoms with Gasteiger partial charge < -0.3 is 5.32 Å². The maximum atomic E-state index is 12.7. The van der Waals surface area contributed by atoms with E-state index in [-0.39, 0.29) is 11.8 Å². The van der Waals surface area contributed by atoms with Crippen molar-refractivity contribution in [3.8, 4) is 0 Å². The van der Waals surface area contributed by atoms with E-state index in [2.05, 4.69) is 20.6 Å². The fourth-order valence-electron chi connectivity index (χ4n) is 3.07. The fraction of sp³-hybridized carbons (Fsp3) is 0.200. The van der Waals surface area contributed by atoms with E-state index in [0.717, 1.165) is 33.2 Å². The van der Waals surface area contributed by atoms with Crippen LogP contribution in [0.15, 0.2) is 54.7 Å². The highest BCUT2D eigenvalue weighted by Crippen LogP contribution is 2.25. The number of aromatic nitrogens is 4. The van der Waals surface area contributed by atoms with Gasteiger partial charge in [-0.1, -0.05) is 30.3 Å². The lowest BCUT2D eigenvalue weighted by molar-refractivity contribution is -0.119. The van der Waals surface area contributed by atoms with Gasteiger partial charge in [-0.05, 0) is 42.8 Å². The third-order valence-corrected chi connectivity index (χ3v) is 4.54. The first-order chi connectivity index (χ1) is 12.6. The van der Waals surface area contributed by atoms with Gasteiger partial charge >= 0.3 is 0 Å². The van der Waals surface area contributed by atoms with Crippen LogP contribution >= 0.6 is 0 Å². The molecule has 0 bridgehead atoms. The summed E-state index contributed by atoms with van der Waals surface area (Å²) in [6.07, 6.45) is 1.76. The summed E-state index contributed by atoms with van der Waals surface area (Å²) in [5.41, 5.74) is 4.52. The molecule has 4 rings (SSSR count). The molecule has 26 heavy (non-hydrogen) atoms. The highest BCUT2D eigenvalue weighted by molar-refractivity contribution is 6.02. The molecule has 1 atom stereocenters. The number of para-hydroxylation sites is 1. The fourth-order valence-corrected chi connectivity index (χ4v) is 3.07. The maximum Gasteiger partial charge on any atom is 0.229 e. The molecular formula is C20H19N5O. The van der Waals surface area contributed by atoms with Crippen molar-refractivity contribution >= 4 is 33.5 Å². The van der Waals surface area contributed by atoms with Crippen LogP contribution in [0.5, 0.6) is 0 Å². The molecule has 2 heterocycles. The molecule has 1 amide bonds. The van der Waals surface area contributed by atoms with Crippen molar-refractivity contribution in [2.24, 2.45) is 5.92 Å². The minimum absolute atomic E-state index is 0.0569. The number of anilines is 1. The smallest absolute Gasteiger partial charge is 0.229 e.